The van der Waals surface area contributed by atoms with Crippen molar-refractivity contribution in [3.63, 3.8) is 0 Å². The van der Waals surface area contributed by atoms with E-state index in [1.165, 1.54) is 24.4 Å². The number of nitrogens with one attached hydrogen (secondary N) is 2. The number of aromatic nitrogens is 1. The SMILES string of the molecule is N#Cc1ccc(Nc2cc(NCc3cc(F)cc(F)c3)c(CC(N)=O)cn2)c(N)c1. The molecule has 0 saturated heterocycles. The molecule has 3 rings (SSSR count). The van der Waals surface area contributed by atoms with E-state index in [1.807, 2.05) is 6.07 Å². The Morgan fingerprint density at radius 3 is 2.47 bits per heavy atom. The highest BCUT2D eigenvalue weighted by Crippen LogP contribution is 2.26. The van der Waals surface area contributed by atoms with Crippen molar-refractivity contribution in [2.75, 3.05) is 16.4 Å². The molecule has 152 valence electrons. The molecule has 0 aliphatic rings. The van der Waals surface area contributed by atoms with Crippen LogP contribution in [0.15, 0.2) is 48.7 Å². The minimum absolute atomic E-state index is 0.0634. The van der Waals surface area contributed by atoms with Gasteiger partial charge in [-0.15, -0.1) is 0 Å². The van der Waals surface area contributed by atoms with Crippen LogP contribution in [-0.2, 0) is 17.8 Å². The maximum absolute atomic E-state index is 13.4. The van der Waals surface area contributed by atoms with E-state index >= 15 is 0 Å². The second-order valence-corrected chi connectivity index (χ2v) is 6.54. The van der Waals surface area contributed by atoms with Crippen LogP contribution in [-0.4, -0.2) is 10.9 Å². The molecule has 1 heterocycles. The number of carbonyl (C=O) groups is 1. The zero-order valence-electron chi connectivity index (χ0n) is 15.7. The molecule has 0 aliphatic heterocycles. The fraction of sp³-hybridized carbons (Fsp3) is 0.0952. The summed E-state index contributed by atoms with van der Waals surface area (Å²) in [7, 11) is 0. The number of halogens is 2. The van der Waals surface area contributed by atoms with E-state index in [0.29, 0.717) is 39.6 Å². The molecule has 0 spiro atoms. The lowest BCUT2D eigenvalue weighted by Gasteiger charge is -2.15. The smallest absolute Gasteiger partial charge is 0.221 e. The van der Waals surface area contributed by atoms with Crippen molar-refractivity contribution in [1.29, 1.82) is 5.26 Å². The Hall–Kier alpha value is -4.19. The molecule has 0 atom stereocenters. The molecule has 3 aromatic rings. The number of nitrogen functional groups attached to an aromatic ring is 1. The lowest BCUT2D eigenvalue weighted by Crippen LogP contribution is -2.15. The first kappa shape index (κ1) is 20.5. The highest BCUT2D eigenvalue weighted by Gasteiger charge is 2.10. The molecule has 30 heavy (non-hydrogen) atoms. The van der Waals surface area contributed by atoms with Gasteiger partial charge in [0.05, 0.1) is 29.4 Å². The summed E-state index contributed by atoms with van der Waals surface area (Å²) in [6, 6.07) is 11.6. The molecular formula is C21H18F2N6O. The van der Waals surface area contributed by atoms with Gasteiger partial charge in [0, 0.05) is 36.1 Å². The molecular weight excluding hydrogens is 390 g/mol. The highest BCUT2D eigenvalue weighted by atomic mass is 19.1. The molecule has 0 fully saturated rings. The third kappa shape index (κ3) is 5.20. The van der Waals surface area contributed by atoms with E-state index in [1.54, 1.807) is 18.2 Å². The molecule has 9 heteroatoms. The number of hydrogen-bond donors (Lipinski definition) is 4. The van der Waals surface area contributed by atoms with E-state index in [-0.39, 0.29) is 13.0 Å². The van der Waals surface area contributed by atoms with Gasteiger partial charge in [0.25, 0.3) is 0 Å². The van der Waals surface area contributed by atoms with Crippen LogP contribution < -0.4 is 22.1 Å². The fourth-order valence-electron chi connectivity index (χ4n) is 2.84. The lowest BCUT2D eigenvalue weighted by atomic mass is 10.1. The molecule has 0 radical (unpaired) electrons. The van der Waals surface area contributed by atoms with Gasteiger partial charge in [-0.1, -0.05) is 0 Å². The van der Waals surface area contributed by atoms with Crippen molar-refractivity contribution in [3.8, 4) is 6.07 Å². The van der Waals surface area contributed by atoms with Crippen molar-refractivity contribution < 1.29 is 13.6 Å². The maximum atomic E-state index is 13.4. The van der Waals surface area contributed by atoms with E-state index in [9.17, 15) is 13.6 Å². The number of hydrogen-bond acceptors (Lipinski definition) is 6. The molecule has 1 aromatic heterocycles. The Kier molecular flexibility index (Phi) is 6.08. The van der Waals surface area contributed by atoms with Gasteiger partial charge in [0.2, 0.25) is 5.91 Å². The zero-order valence-corrected chi connectivity index (χ0v) is 15.7. The van der Waals surface area contributed by atoms with Crippen LogP contribution in [0.4, 0.5) is 31.7 Å². The van der Waals surface area contributed by atoms with Crippen molar-refractivity contribution in [2.45, 2.75) is 13.0 Å². The number of nitrogens with two attached hydrogens (primary N) is 2. The predicted molar refractivity (Wildman–Crippen MR) is 110 cm³/mol. The Bertz CT molecular complexity index is 1120. The Balaban J connectivity index is 1.86. The molecule has 7 nitrogen and oxygen atoms in total. The third-order valence-electron chi connectivity index (χ3n) is 4.20. The normalized spacial score (nSPS) is 10.3. The summed E-state index contributed by atoms with van der Waals surface area (Å²) in [5, 5.41) is 15.0. The van der Waals surface area contributed by atoms with Crippen LogP contribution in [0, 0.1) is 23.0 Å². The number of primary amides is 1. The van der Waals surface area contributed by atoms with Gasteiger partial charge < -0.3 is 22.1 Å². The molecule has 6 N–H and O–H groups in total. The number of rotatable bonds is 7. The average Bonchev–Trinajstić information content (AvgIpc) is 2.68. The average molecular weight is 408 g/mol. The molecule has 1 amide bonds. The van der Waals surface area contributed by atoms with Crippen molar-refractivity contribution in [1.82, 2.24) is 4.98 Å². The van der Waals surface area contributed by atoms with Gasteiger partial charge >= 0.3 is 0 Å². The quantitative estimate of drug-likeness (QED) is 0.444. The second kappa shape index (κ2) is 8.87. The Morgan fingerprint density at radius 1 is 1.10 bits per heavy atom. The standard InChI is InChI=1S/C21H18F2N6O/c22-15-3-13(4-16(23)7-15)10-27-19-8-21(28-11-14(19)6-20(26)30)29-18-2-1-12(9-24)5-17(18)25/h1-5,7-8,11H,6,10,25H2,(H2,26,30)(H2,27,28,29). The van der Waals surface area contributed by atoms with Crippen molar-refractivity contribution in [2.24, 2.45) is 5.73 Å². The molecule has 0 unspecified atom stereocenters. The third-order valence-corrected chi connectivity index (χ3v) is 4.20. The topological polar surface area (TPSA) is 130 Å². The predicted octanol–water partition coefficient (Wildman–Crippen LogP) is 3.20. The number of nitrogens with zero attached hydrogens (tertiary/aromatic N) is 2. The fourth-order valence-corrected chi connectivity index (χ4v) is 2.84. The summed E-state index contributed by atoms with van der Waals surface area (Å²) in [5.41, 5.74) is 14.0. The summed E-state index contributed by atoms with van der Waals surface area (Å²) < 4.78 is 26.8. The van der Waals surface area contributed by atoms with Gasteiger partial charge in [-0.25, -0.2) is 13.8 Å². The lowest BCUT2D eigenvalue weighted by molar-refractivity contribution is -0.117. The van der Waals surface area contributed by atoms with Crippen LogP contribution in [0.5, 0.6) is 0 Å². The Morgan fingerprint density at radius 2 is 1.83 bits per heavy atom. The largest absolute Gasteiger partial charge is 0.397 e. The number of carbonyl (C=O) groups excluding carboxylic acids is 1. The summed E-state index contributed by atoms with van der Waals surface area (Å²) >= 11 is 0. The molecule has 2 aromatic carbocycles. The van der Waals surface area contributed by atoms with Crippen LogP contribution in [0.3, 0.4) is 0 Å². The van der Waals surface area contributed by atoms with Crippen LogP contribution in [0.2, 0.25) is 0 Å². The first-order chi connectivity index (χ1) is 14.3. The van der Waals surface area contributed by atoms with Crippen LogP contribution in [0.1, 0.15) is 16.7 Å². The highest BCUT2D eigenvalue weighted by molar-refractivity contribution is 5.80. The second-order valence-electron chi connectivity index (χ2n) is 6.54. The number of benzene rings is 2. The van der Waals surface area contributed by atoms with Crippen molar-refractivity contribution >= 4 is 28.8 Å². The van der Waals surface area contributed by atoms with Crippen molar-refractivity contribution in [3.05, 3.63) is 77.0 Å². The number of nitriles is 1. The van der Waals surface area contributed by atoms with E-state index in [0.717, 1.165) is 6.07 Å². The number of amides is 1. The molecule has 0 saturated carbocycles. The van der Waals surface area contributed by atoms with E-state index < -0.39 is 17.5 Å². The van der Waals surface area contributed by atoms with Crippen LogP contribution >= 0.6 is 0 Å². The summed E-state index contributed by atoms with van der Waals surface area (Å²) in [5.74, 6) is -1.50. The minimum Gasteiger partial charge on any atom is -0.397 e. The number of anilines is 4. The zero-order chi connectivity index (χ0) is 21.7. The minimum atomic E-state index is -0.683. The Labute approximate surface area is 171 Å². The van der Waals surface area contributed by atoms with Crippen LogP contribution in [0.25, 0.3) is 0 Å². The summed E-state index contributed by atoms with van der Waals surface area (Å²) in [6.45, 7) is 0.114. The van der Waals surface area contributed by atoms with E-state index in [4.69, 9.17) is 16.7 Å². The summed E-state index contributed by atoms with van der Waals surface area (Å²) in [6.07, 6.45) is 1.41. The first-order valence-corrected chi connectivity index (χ1v) is 8.87. The monoisotopic (exact) mass is 408 g/mol. The molecule has 0 aliphatic carbocycles. The van der Waals surface area contributed by atoms with Gasteiger partial charge in [-0.2, -0.15) is 5.26 Å². The van der Waals surface area contributed by atoms with E-state index in [2.05, 4.69) is 15.6 Å². The molecule has 0 bridgehead atoms. The summed E-state index contributed by atoms with van der Waals surface area (Å²) in [4.78, 5) is 15.6. The maximum Gasteiger partial charge on any atom is 0.221 e. The first-order valence-electron chi connectivity index (χ1n) is 8.87. The van der Waals surface area contributed by atoms with Gasteiger partial charge in [-0.3, -0.25) is 4.79 Å². The van der Waals surface area contributed by atoms with Gasteiger partial charge in [-0.05, 0) is 35.9 Å². The van der Waals surface area contributed by atoms with Gasteiger partial charge in [0.1, 0.15) is 17.5 Å². The van der Waals surface area contributed by atoms with Gasteiger partial charge in [0.15, 0.2) is 0 Å². The number of pyridine rings is 1.